The number of carbonyl (C=O) groups excluding carboxylic acids is 1. The van der Waals surface area contributed by atoms with Crippen molar-refractivity contribution in [1.82, 2.24) is 0 Å². The zero-order chi connectivity index (χ0) is 15.7. The Hall–Kier alpha value is -2.30. The Morgan fingerprint density at radius 1 is 1.14 bits per heavy atom. The molecule has 0 fully saturated rings. The fourth-order valence-electron chi connectivity index (χ4n) is 2.07. The Labute approximate surface area is 136 Å². The van der Waals surface area contributed by atoms with Crippen molar-refractivity contribution in [3.63, 3.8) is 0 Å². The molecule has 0 unspecified atom stereocenters. The summed E-state index contributed by atoms with van der Waals surface area (Å²) >= 11 is 11.8. The molecule has 0 aliphatic carbocycles. The highest BCUT2D eigenvalue weighted by Crippen LogP contribution is 2.33. The van der Waals surface area contributed by atoms with E-state index in [1.807, 2.05) is 18.2 Å². The van der Waals surface area contributed by atoms with Crippen LogP contribution in [-0.4, -0.2) is 16.8 Å². The van der Waals surface area contributed by atoms with Crippen LogP contribution in [0.15, 0.2) is 53.2 Å². The number of hydrogen-bond acceptors (Lipinski definition) is 4. The molecule has 0 atom stereocenters. The summed E-state index contributed by atoms with van der Waals surface area (Å²) in [6, 6.07) is 12.0. The second kappa shape index (κ2) is 5.83. The number of benzene rings is 2. The zero-order valence-electron chi connectivity index (χ0n) is 11.1. The van der Waals surface area contributed by atoms with Gasteiger partial charge in [0.15, 0.2) is 0 Å². The van der Waals surface area contributed by atoms with E-state index in [0.717, 1.165) is 5.56 Å². The number of aromatic hydroxyl groups is 1. The summed E-state index contributed by atoms with van der Waals surface area (Å²) in [5, 5.41) is 14.2. The minimum absolute atomic E-state index is 0.101. The van der Waals surface area contributed by atoms with Gasteiger partial charge in [-0.05, 0) is 18.2 Å². The molecule has 0 saturated heterocycles. The third kappa shape index (κ3) is 2.71. The van der Waals surface area contributed by atoms with Crippen LogP contribution in [0.4, 0.5) is 0 Å². The summed E-state index contributed by atoms with van der Waals surface area (Å²) in [5.41, 5.74) is 1.66. The number of oxime groups is 1. The summed E-state index contributed by atoms with van der Waals surface area (Å²) < 4.78 is 0. The number of nitrogens with zero attached hydrogens (tertiary/aromatic N) is 1. The molecule has 110 valence electrons. The maximum absolute atomic E-state index is 11.9. The Bertz CT molecular complexity index is 814. The molecule has 0 radical (unpaired) electrons. The van der Waals surface area contributed by atoms with E-state index in [-0.39, 0.29) is 16.3 Å². The Balaban J connectivity index is 2.10. The van der Waals surface area contributed by atoms with Crippen LogP contribution in [0.2, 0.25) is 10.0 Å². The van der Waals surface area contributed by atoms with E-state index in [9.17, 15) is 9.90 Å². The first-order valence-corrected chi connectivity index (χ1v) is 7.06. The topological polar surface area (TPSA) is 58.9 Å². The number of halogens is 2. The highest BCUT2D eigenvalue weighted by molar-refractivity contribution is 6.36. The van der Waals surface area contributed by atoms with Crippen molar-refractivity contribution in [3.05, 3.63) is 69.2 Å². The molecule has 2 aromatic carbocycles. The van der Waals surface area contributed by atoms with Gasteiger partial charge in [-0.25, -0.2) is 4.79 Å². The summed E-state index contributed by atoms with van der Waals surface area (Å²) in [7, 11) is 0. The molecule has 0 spiro atoms. The summed E-state index contributed by atoms with van der Waals surface area (Å²) in [5.74, 6) is -0.764. The van der Waals surface area contributed by atoms with Crippen molar-refractivity contribution in [3.8, 4) is 5.75 Å². The van der Waals surface area contributed by atoms with Gasteiger partial charge in [-0.3, -0.25) is 0 Å². The van der Waals surface area contributed by atoms with Gasteiger partial charge in [0, 0.05) is 16.1 Å². The van der Waals surface area contributed by atoms with Crippen molar-refractivity contribution >= 4 is 41.0 Å². The van der Waals surface area contributed by atoms with Crippen LogP contribution in [-0.2, 0) is 9.63 Å². The minimum atomic E-state index is -0.602. The van der Waals surface area contributed by atoms with Crippen LogP contribution in [0.5, 0.6) is 5.75 Å². The normalized spacial score (nSPS) is 15.8. The van der Waals surface area contributed by atoms with E-state index < -0.39 is 5.97 Å². The molecule has 0 aromatic heterocycles. The van der Waals surface area contributed by atoms with Crippen molar-refractivity contribution in [2.75, 3.05) is 0 Å². The third-order valence-corrected chi connectivity index (χ3v) is 3.61. The number of hydrogen-bond donors (Lipinski definition) is 1. The van der Waals surface area contributed by atoms with Crippen molar-refractivity contribution in [2.24, 2.45) is 5.16 Å². The molecule has 1 heterocycles. The van der Waals surface area contributed by atoms with Gasteiger partial charge in [0.25, 0.3) is 0 Å². The van der Waals surface area contributed by atoms with Crippen molar-refractivity contribution < 1.29 is 14.7 Å². The first-order valence-electron chi connectivity index (χ1n) is 6.31. The van der Waals surface area contributed by atoms with E-state index in [4.69, 9.17) is 28.0 Å². The van der Waals surface area contributed by atoms with Crippen LogP contribution in [0.3, 0.4) is 0 Å². The van der Waals surface area contributed by atoms with Gasteiger partial charge in [-0.15, -0.1) is 0 Å². The van der Waals surface area contributed by atoms with Crippen LogP contribution in [0, 0.1) is 0 Å². The van der Waals surface area contributed by atoms with Crippen molar-refractivity contribution in [2.45, 2.75) is 0 Å². The Morgan fingerprint density at radius 3 is 2.59 bits per heavy atom. The molecule has 0 amide bonds. The maximum Gasteiger partial charge on any atom is 0.368 e. The molecule has 0 bridgehead atoms. The quantitative estimate of drug-likeness (QED) is 0.666. The molecular weight excluding hydrogens is 325 g/mol. The van der Waals surface area contributed by atoms with Crippen molar-refractivity contribution in [1.29, 1.82) is 0 Å². The molecule has 1 aliphatic rings. The summed E-state index contributed by atoms with van der Waals surface area (Å²) in [4.78, 5) is 16.6. The lowest BCUT2D eigenvalue weighted by Gasteiger charge is -2.05. The molecule has 2 aromatic rings. The predicted molar refractivity (Wildman–Crippen MR) is 85.2 cm³/mol. The predicted octanol–water partition coefficient (Wildman–Crippen LogP) is 4.04. The van der Waals surface area contributed by atoms with E-state index >= 15 is 0 Å². The van der Waals surface area contributed by atoms with Gasteiger partial charge >= 0.3 is 5.97 Å². The van der Waals surface area contributed by atoms with Crippen LogP contribution in [0.1, 0.15) is 11.1 Å². The lowest BCUT2D eigenvalue weighted by molar-refractivity contribution is -0.136. The smallest absolute Gasteiger partial charge is 0.368 e. The van der Waals surface area contributed by atoms with Crippen LogP contribution >= 0.6 is 23.2 Å². The molecule has 1 N–H and O–H groups in total. The lowest BCUT2D eigenvalue weighted by atomic mass is 10.0. The average Bonchev–Trinajstić information content (AvgIpc) is 2.86. The third-order valence-electron chi connectivity index (χ3n) is 3.10. The minimum Gasteiger partial charge on any atom is -0.506 e. The van der Waals surface area contributed by atoms with E-state index in [1.165, 1.54) is 18.2 Å². The van der Waals surface area contributed by atoms with Gasteiger partial charge in [0.1, 0.15) is 11.5 Å². The first-order chi connectivity index (χ1) is 10.6. The summed E-state index contributed by atoms with van der Waals surface area (Å²) in [6.45, 7) is 0. The van der Waals surface area contributed by atoms with E-state index in [1.54, 1.807) is 12.1 Å². The van der Waals surface area contributed by atoms with E-state index in [2.05, 4.69) is 5.16 Å². The van der Waals surface area contributed by atoms with Gasteiger partial charge in [0.05, 0.1) is 10.6 Å². The maximum atomic E-state index is 11.9. The standard InChI is InChI=1S/C16H9Cl2NO3/c17-11-6-10(15(20)13(18)8-11)7-12-14(19-22-16(12)21)9-4-2-1-3-5-9/h1-8,20H/b12-7-. The number of rotatable bonds is 2. The average molecular weight is 334 g/mol. The fraction of sp³-hybridized carbons (Fsp3) is 0. The number of phenols is 1. The van der Waals surface area contributed by atoms with Gasteiger partial charge in [-0.2, -0.15) is 0 Å². The molecule has 6 heteroatoms. The van der Waals surface area contributed by atoms with Gasteiger partial charge < -0.3 is 9.94 Å². The molecular formula is C16H9Cl2NO3. The van der Waals surface area contributed by atoms with Gasteiger partial charge in [0.2, 0.25) is 0 Å². The first kappa shape index (κ1) is 14.6. The number of carbonyl (C=O) groups is 1. The van der Waals surface area contributed by atoms with Crippen LogP contribution < -0.4 is 0 Å². The zero-order valence-corrected chi connectivity index (χ0v) is 12.6. The van der Waals surface area contributed by atoms with E-state index in [0.29, 0.717) is 16.3 Å². The van der Waals surface area contributed by atoms with Crippen LogP contribution in [0.25, 0.3) is 6.08 Å². The second-order valence-electron chi connectivity index (χ2n) is 4.57. The largest absolute Gasteiger partial charge is 0.506 e. The highest BCUT2D eigenvalue weighted by atomic mass is 35.5. The number of phenolic OH excluding ortho intramolecular Hbond substituents is 1. The second-order valence-corrected chi connectivity index (χ2v) is 5.41. The summed E-state index contributed by atoms with van der Waals surface area (Å²) in [6.07, 6.45) is 1.45. The SMILES string of the molecule is O=C1ON=C(c2ccccc2)/C1=C/c1cc(Cl)cc(Cl)c1O. The molecule has 1 aliphatic heterocycles. The molecule has 0 saturated carbocycles. The Morgan fingerprint density at radius 2 is 1.86 bits per heavy atom. The van der Waals surface area contributed by atoms with Gasteiger partial charge in [-0.1, -0.05) is 58.7 Å². The fourth-order valence-corrected chi connectivity index (χ4v) is 2.57. The lowest BCUT2D eigenvalue weighted by Crippen LogP contribution is -2.06. The molecule has 22 heavy (non-hydrogen) atoms. The highest BCUT2D eigenvalue weighted by Gasteiger charge is 2.27. The monoisotopic (exact) mass is 333 g/mol. The molecule has 3 rings (SSSR count). The Kier molecular flexibility index (Phi) is 3.88. The molecule has 4 nitrogen and oxygen atoms in total.